The smallest absolute Gasteiger partial charge is 0.268 e. The van der Waals surface area contributed by atoms with E-state index in [0.717, 1.165) is 17.3 Å². The third-order valence-corrected chi connectivity index (χ3v) is 6.28. The van der Waals surface area contributed by atoms with Gasteiger partial charge in [-0.25, -0.2) is 8.96 Å². The van der Waals surface area contributed by atoms with Crippen molar-refractivity contribution < 1.29 is 9.31 Å². The molecule has 0 unspecified atom stereocenters. The van der Waals surface area contributed by atoms with Gasteiger partial charge in [0.25, 0.3) is 11.2 Å². The van der Waals surface area contributed by atoms with E-state index in [1.54, 1.807) is 28.7 Å². The lowest BCUT2D eigenvalue weighted by Crippen LogP contribution is -2.21. The first-order valence-electron chi connectivity index (χ1n) is 9.96. The summed E-state index contributed by atoms with van der Waals surface area (Å²) in [5.74, 6) is -0.387. The van der Waals surface area contributed by atoms with Gasteiger partial charge in [-0.3, -0.25) is 19.3 Å². The van der Waals surface area contributed by atoms with Crippen molar-refractivity contribution in [3.63, 3.8) is 0 Å². The number of nitro groups is 1. The molecule has 0 radical (unpaired) electrons. The molecule has 33 heavy (non-hydrogen) atoms. The third-order valence-electron chi connectivity index (χ3n) is 5.32. The topological polar surface area (TPSA) is 95.3 Å². The maximum atomic E-state index is 14.4. The van der Waals surface area contributed by atoms with Crippen LogP contribution in [0.4, 0.5) is 10.1 Å². The van der Waals surface area contributed by atoms with Gasteiger partial charge in [0.15, 0.2) is 5.16 Å². The highest BCUT2D eigenvalue weighted by Crippen LogP contribution is 2.30. The molecule has 0 aliphatic carbocycles. The Morgan fingerprint density at radius 3 is 2.55 bits per heavy atom. The summed E-state index contributed by atoms with van der Waals surface area (Å²) in [6.45, 7) is 1.95. The monoisotopic (exact) mass is 461 g/mol. The van der Waals surface area contributed by atoms with Crippen LogP contribution >= 0.6 is 11.8 Å². The third kappa shape index (κ3) is 3.54. The molecule has 8 nitrogen and oxygen atoms in total. The second-order valence-electron chi connectivity index (χ2n) is 7.39. The van der Waals surface area contributed by atoms with Gasteiger partial charge in [0.05, 0.1) is 27.1 Å². The second-order valence-corrected chi connectivity index (χ2v) is 8.34. The molecule has 3 aromatic carbocycles. The number of fused-ring (bicyclic) bond motifs is 3. The Morgan fingerprint density at radius 2 is 1.79 bits per heavy atom. The Labute approximate surface area is 190 Å². The van der Waals surface area contributed by atoms with E-state index in [2.05, 4.69) is 10.2 Å². The number of hydrogen-bond donors (Lipinski definition) is 0. The van der Waals surface area contributed by atoms with Crippen LogP contribution in [-0.2, 0) is 5.75 Å². The second kappa shape index (κ2) is 8.14. The minimum atomic E-state index is -0.660. The SMILES string of the molecule is Cc1ccc(-n2c(=O)c3ccccc3n3c(SCc4c(F)cccc4[N+](=O)[O-])nnc23)cc1. The molecule has 2 heterocycles. The van der Waals surface area contributed by atoms with Crippen molar-refractivity contribution in [1.29, 1.82) is 0 Å². The van der Waals surface area contributed by atoms with Gasteiger partial charge < -0.3 is 0 Å². The number of hydrogen-bond acceptors (Lipinski definition) is 6. The Bertz CT molecular complexity index is 1590. The molecule has 0 bridgehead atoms. The molecule has 0 saturated heterocycles. The fourth-order valence-electron chi connectivity index (χ4n) is 3.70. The molecule has 0 atom stereocenters. The Hall–Kier alpha value is -4.05. The number of para-hydroxylation sites is 1. The minimum Gasteiger partial charge on any atom is -0.268 e. The maximum absolute atomic E-state index is 14.4. The standard InChI is InChI=1S/C23H16FN5O3S/c1-14-9-11-15(12-10-14)27-21(30)16-5-2-3-7-19(16)28-22(27)25-26-23(28)33-13-17-18(24)6-4-8-20(17)29(31)32/h2-12H,13H2,1H3. The van der Waals surface area contributed by atoms with E-state index in [1.807, 2.05) is 31.2 Å². The zero-order valence-electron chi connectivity index (χ0n) is 17.3. The minimum absolute atomic E-state index is 0.0260. The van der Waals surface area contributed by atoms with Gasteiger partial charge in [-0.05, 0) is 37.3 Å². The van der Waals surface area contributed by atoms with E-state index in [1.165, 1.54) is 22.8 Å². The zero-order valence-corrected chi connectivity index (χ0v) is 18.1. The molecule has 0 N–H and O–H groups in total. The van der Waals surface area contributed by atoms with Gasteiger partial charge in [0.2, 0.25) is 5.78 Å². The molecule has 10 heteroatoms. The summed E-state index contributed by atoms with van der Waals surface area (Å²) < 4.78 is 17.6. The molecule has 0 aliphatic heterocycles. The summed E-state index contributed by atoms with van der Waals surface area (Å²) in [5.41, 5.74) is 1.72. The van der Waals surface area contributed by atoms with E-state index in [4.69, 9.17) is 0 Å². The highest BCUT2D eigenvalue weighted by Gasteiger charge is 2.21. The van der Waals surface area contributed by atoms with E-state index in [9.17, 15) is 19.3 Å². The highest BCUT2D eigenvalue weighted by atomic mass is 32.2. The summed E-state index contributed by atoms with van der Waals surface area (Å²) in [4.78, 5) is 24.1. The van der Waals surface area contributed by atoms with E-state index in [-0.39, 0.29) is 22.6 Å². The first-order chi connectivity index (χ1) is 16.0. The van der Waals surface area contributed by atoms with E-state index in [0.29, 0.717) is 27.5 Å². The van der Waals surface area contributed by atoms with Crippen LogP contribution in [0, 0.1) is 22.9 Å². The Balaban J connectivity index is 1.69. The van der Waals surface area contributed by atoms with Crippen molar-refractivity contribution in [2.75, 3.05) is 0 Å². The molecular formula is C23H16FN5O3S. The highest BCUT2D eigenvalue weighted by molar-refractivity contribution is 7.98. The molecule has 164 valence electrons. The number of thioether (sulfide) groups is 1. The summed E-state index contributed by atoms with van der Waals surface area (Å²) in [5, 5.41) is 20.7. The Kier molecular flexibility index (Phi) is 5.14. The lowest BCUT2D eigenvalue weighted by molar-refractivity contribution is -0.385. The predicted molar refractivity (Wildman–Crippen MR) is 123 cm³/mol. The molecule has 5 aromatic rings. The normalized spacial score (nSPS) is 11.3. The molecule has 0 aliphatic rings. The van der Waals surface area contributed by atoms with Gasteiger partial charge in [0, 0.05) is 11.8 Å². The lowest BCUT2D eigenvalue weighted by Gasteiger charge is -2.11. The largest absolute Gasteiger partial charge is 0.276 e. The number of rotatable bonds is 5. The molecule has 0 amide bonds. The summed E-state index contributed by atoms with van der Waals surface area (Å²) in [6, 6.07) is 18.3. The summed E-state index contributed by atoms with van der Waals surface area (Å²) in [6.07, 6.45) is 0. The summed E-state index contributed by atoms with van der Waals surface area (Å²) in [7, 11) is 0. The fraction of sp³-hybridized carbons (Fsp3) is 0.0870. The van der Waals surface area contributed by atoms with Crippen LogP contribution in [0.15, 0.2) is 76.7 Å². The van der Waals surface area contributed by atoms with Gasteiger partial charge in [0.1, 0.15) is 5.82 Å². The zero-order chi connectivity index (χ0) is 23.1. The quantitative estimate of drug-likeness (QED) is 0.214. The predicted octanol–water partition coefficient (Wildman–Crippen LogP) is 4.68. The maximum Gasteiger partial charge on any atom is 0.276 e. The van der Waals surface area contributed by atoms with Gasteiger partial charge in [-0.2, -0.15) is 0 Å². The number of nitro benzene ring substituents is 1. The van der Waals surface area contributed by atoms with Crippen molar-refractivity contribution in [1.82, 2.24) is 19.2 Å². The van der Waals surface area contributed by atoms with Gasteiger partial charge in [-0.1, -0.05) is 47.7 Å². The van der Waals surface area contributed by atoms with E-state index < -0.39 is 10.7 Å². The van der Waals surface area contributed by atoms with E-state index >= 15 is 0 Å². The van der Waals surface area contributed by atoms with Crippen LogP contribution in [0.3, 0.4) is 0 Å². The molecule has 2 aromatic heterocycles. The number of benzene rings is 3. The van der Waals surface area contributed by atoms with Gasteiger partial charge in [-0.15, -0.1) is 10.2 Å². The molecule has 0 fully saturated rings. The lowest BCUT2D eigenvalue weighted by atomic mass is 10.2. The average Bonchev–Trinajstić information content (AvgIpc) is 3.23. The van der Waals surface area contributed by atoms with Crippen molar-refractivity contribution in [2.24, 2.45) is 0 Å². The number of nitrogens with zero attached hydrogens (tertiary/aromatic N) is 5. The fourth-order valence-corrected chi connectivity index (χ4v) is 4.66. The first kappa shape index (κ1) is 20.8. The van der Waals surface area contributed by atoms with Crippen molar-refractivity contribution in [3.8, 4) is 5.69 Å². The van der Waals surface area contributed by atoms with Gasteiger partial charge >= 0.3 is 0 Å². The summed E-state index contributed by atoms with van der Waals surface area (Å²) >= 11 is 1.11. The van der Waals surface area contributed by atoms with Crippen LogP contribution in [0.2, 0.25) is 0 Å². The van der Waals surface area contributed by atoms with Crippen molar-refractivity contribution in [2.45, 2.75) is 17.8 Å². The first-order valence-corrected chi connectivity index (χ1v) is 10.9. The van der Waals surface area contributed by atoms with Crippen LogP contribution in [0.5, 0.6) is 0 Å². The van der Waals surface area contributed by atoms with Crippen molar-refractivity contribution in [3.05, 3.63) is 104 Å². The van der Waals surface area contributed by atoms with Crippen LogP contribution in [0.25, 0.3) is 22.4 Å². The number of aryl methyl sites for hydroxylation is 1. The molecule has 5 rings (SSSR count). The number of halogens is 1. The van der Waals surface area contributed by atoms with Crippen LogP contribution < -0.4 is 5.56 Å². The average molecular weight is 461 g/mol. The van der Waals surface area contributed by atoms with Crippen LogP contribution in [0.1, 0.15) is 11.1 Å². The molecular weight excluding hydrogens is 445 g/mol. The van der Waals surface area contributed by atoms with Crippen LogP contribution in [-0.4, -0.2) is 24.1 Å². The molecule has 0 spiro atoms. The Morgan fingerprint density at radius 1 is 1.03 bits per heavy atom. The van der Waals surface area contributed by atoms with Crippen molar-refractivity contribution >= 4 is 34.1 Å². The molecule has 0 saturated carbocycles. The number of aromatic nitrogens is 4.